The van der Waals surface area contributed by atoms with Crippen LogP contribution in [0.3, 0.4) is 0 Å². The van der Waals surface area contributed by atoms with Gasteiger partial charge in [-0.1, -0.05) is 0 Å². The zero-order chi connectivity index (χ0) is 18.7. The highest BCUT2D eigenvalue weighted by Crippen LogP contribution is 2.30. The molecule has 1 N–H and O–H groups in total. The Morgan fingerprint density at radius 1 is 1.19 bits per heavy atom. The predicted octanol–water partition coefficient (Wildman–Crippen LogP) is 1.47. The molecule has 1 unspecified atom stereocenters. The Morgan fingerprint density at radius 2 is 1.85 bits per heavy atom. The third-order valence-corrected chi connectivity index (χ3v) is 5.25. The minimum atomic E-state index is -0.0473. The molecule has 2 amide bonds. The SMILES string of the molecule is COc1cc(C(=O)N2CCCC(N3CCNCC3=O)C2)cc(OC)c1C.Cl. The maximum absolute atomic E-state index is 13.1. The monoisotopic (exact) mass is 397 g/mol. The predicted molar refractivity (Wildman–Crippen MR) is 105 cm³/mol. The topological polar surface area (TPSA) is 71.1 Å². The molecular formula is C19H28ClN3O4. The summed E-state index contributed by atoms with van der Waals surface area (Å²) in [6, 6.07) is 3.62. The minimum absolute atomic E-state index is 0. The van der Waals surface area contributed by atoms with Crippen molar-refractivity contribution in [1.29, 1.82) is 0 Å². The molecule has 8 heteroatoms. The van der Waals surface area contributed by atoms with Gasteiger partial charge in [-0.2, -0.15) is 0 Å². The summed E-state index contributed by atoms with van der Waals surface area (Å²) in [5.74, 6) is 1.35. The van der Waals surface area contributed by atoms with E-state index in [9.17, 15) is 9.59 Å². The first kappa shape index (κ1) is 21.3. The second-order valence-corrected chi connectivity index (χ2v) is 6.82. The van der Waals surface area contributed by atoms with Gasteiger partial charge in [0.15, 0.2) is 0 Å². The lowest BCUT2D eigenvalue weighted by Gasteiger charge is -2.41. The number of hydrogen-bond acceptors (Lipinski definition) is 5. The van der Waals surface area contributed by atoms with E-state index < -0.39 is 0 Å². The molecule has 27 heavy (non-hydrogen) atoms. The van der Waals surface area contributed by atoms with Gasteiger partial charge in [0.2, 0.25) is 5.91 Å². The largest absolute Gasteiger partial charge is 0.496 e. The Hall–Kier alpha value is -1.99. The fourth-order valence-electron chi connectivity index (χ4n) is 3.79. The van der Waals surface area contributed by atoms with Crippen LogP contribution >= 0.6 is 12.4 Å². The molecule has 2 saturated heterocycles. The molecule has 1 atom stereocenters. The van der Waals surface area contributed by atoms with Gasteiger partial charge in [0.1, 0.15) is 11.5 Å². The highest BCUT2D eigenvalue weighted by atomic mass is 35.5. The van der Waals surface area contributed by atoms with Gasteiger partial charge in [0, 0.05) is 43.3 Å². The molecule has 0 radical (unpaired) electrons. The molecule has 2 aliphatic heterocycles. The van der Waals surface area contributed by atoms with Gasteiger partial charge in [0.25, 0.3) is 5.91 Å². The normalized spacial score (nSPS) is 20.1. The summed E-state index contributed by atoms with van der Waals surface area (Å²) in [7, 11) is 3.17. The molecule has 2 heterocycles. The Balaban J connectivity index is 0.00000261. The van der Waals surface area contributed by atoms with Crippen LogP contribution in [0.1, 0.15) is 28.8 Å². The van der Waals surface area contributed by atoms with E-state index in [2.05, 4.69) is 5.32 Å². The molecule has 3 rings (SSSR count). The van der Waals surface area contributed by atoms with Crippen molar-refractivity contribution in [1.82, 2.24) is 15.1 Å². The van der Waals surface area contributed by atoms with Crippen molar-refractivity contribution in [2.45, 2.75) is 25.8 Å². The number of ether oxygens (including phenoxy) is 2. The minimum Gasteiger partial charge on any atom is -0.496 e. The van der Waals surface area contributed by atoms with Gasteiger partial charge in [0.05, 0.1) is 20.8 Å². The van der Waals surface area contributed by atoms with Crippen molar-refractivity contribution < 1.29 is 19.1 Å². The summed E-state index contributed by atoms with van der Waals surface area (Å²) in [5.41, 5.74) is 1.42. The van der Waals surface area contributed by atoms with Crippen molar-refractivity contribution in [3.05, 3.63) is 23.3 Å². The van der Waals surface area contributed by atoms with E-state index in [1.165, 1.54) is 0 Å². The van der Waals surface area contributed by atoms with Crippen LogP contribution in [-0.4, -0.2) is 74.6 Å². The van der Waals surface area contributed by atoms with E-state index >= 15 is 0 Å². The molecule has 0 bridgehead atoms. The highest BCUT2D eigenvalue weighted by molar-refractivity contribution is 5.95. The summed E-state index contributed by atoms with van der Waals surface area (Å²) >= 11 is 0. The molecule has 0 spiro atoms. The maximum atomic E-state index is 13.1. The third kappa shape index (κ3) is 4.47. The quantitative estimate of drug-likeness (QED) is 0.833. The van der Waals surface area contributed by atoms with Crippen molar-refractivity contribution in [3.8, 4) is 11.5 Å². The van der Waals surface area contributed by atoms with E-state index in [4.69, 9.17) is 9.47 Å². The second kappa shape index (κ2) is 9.28. The number of piperazine rings is 1. The zero-order valence-corrected chi connectivity index (χ0v) is 16.9. The van der Waals surface area contributed by atoms with Crippen LogP contribution in [0.4, 0.5) is 0 Å². The maximum Gasteiger partial charge on any atom is 0.254 e. The van der Waals surface area contributed by atoms with Crippen LogP contribution in [0, 0.1) is 6.92 Å². The van der Waals surface area contributed by atoms with Crippen LogP contribution in [0.25, 0.3) is 0 Å². The van der Waals surface area contributed by atoms with Crippen LogP contribution < -0.4 is 14.8 Å². The van der Waals surface area contributed by atoms with Gasteiger partial charge in [-0.15, -0.1) is 12.4 Å². The van der Waals surface area contributed by atoms with E-state index in [0.717, 1.165) is 24.9 Å². The number of hydrogen-bond donors (Lipinski definition) is 1. The number of benzene rings is 1. The number of nitrogens with one attached hydrogen (secondary N) is 1. The summed E-state index contributed by atoms with van der Waals surface area (Å²) < 4.78 is 10.8. The van der Waals surface area contributed by atoms with E-state index in [0.29, 0.717) is 43.2 Å². The number of nitrogens with zero attached hydrogens (tertiary/aromatic N) is 2. The standard InChI is InChI=1S/C19H27N3O4.ClH/c1-13-16(25-2)9-14(10-17(13)26-3)19(24)21-7-4-5-15(12-21)22-8-6-20-11-18(22)23;/h9-10,15,20H,4-8,11-12H2,1-3H3;1H. The molecule has 1 aromatic rings. The fourth-order valence-corrected chi connectivity index (χ4v) is 3.79. The number of rotatable bonds is 4. The summed E-state index contributed by atoms with van der Waals surface area (Å²) in [4.78, 5) is 29.0. The Labute approximate surface area is 166 Å². The molecule has 1 aromatic carbocycles. The van der Waals surface area contributed by atoms with Crippen LogP contribution in [0.2, 0.25) is 0 Å². The van der Waals surface area contributed by atoms with Crippen molar-refractivity contribution in [3.63, 3.8) is 0 Å². The lowest BCUT2D eigenvalue weighted by molar-refractivity contribution is -0.135. The number of methoxy groups -OCH3 is 2. The smallest absolute Gasteiger partial charge is 0.254 e. The van der Waals surface area contributed by atoms with Gasteiger partial charge in [-0.3, -0.25) is 9.59 Å². The number of carbonyl (C=O) groups is 2. The number of halogens is 1. The highest BCUT2D eigenvalue weighted by Gasteiger charge is 2.32. The Kier molecular flexibility index (Phi) is 7.33. The molecule has 0 aliphatic carbocycles. The fraction of sp³-hybridized carbons (Fsp3) is 0.579. The first-order valence-electron chi connectivity index (χ1n) is 9.07. The number of carbonyl (C=O) groups excluding carboxylic acids is 2. The molecule has 2 aliphatic rings. The summed E-state index contributed by atoms with van der Waals surface area (Å²) in [6.45, 7) is 5.08. The lowest BCUT2D eigenvalue weighted by Crippen LogP contribution is -2.57. The van der Waals surface area contributed by atoms with Gasteiger partial charge >= 0.3 is 0 Å². The van der Waals surface area contributed by atoms with E-state index in [1.807, 2.05) is 16.7 Å². The van der Waals surface area contributed by atoms with Crippen LogP contribution in [-0.2, 0) is 4.79 Å². The summed E-state index contributed by atoms with van der Waals surface area (Å²) in [6.07, 6.45) is 1.84. The molecule has 150 valence electrons. The van der Waals surface area contributed by atoms with Crippen LogP contribution in [0.5, 0.6) is 11.5 Å². The molecule has 7 nitrogen and oxygen atoms in total. The Morgan fingerprint density at radius 3 is 2.44 bits per heavy atom. The Bertz CT molecular complexity index is 673. The van der Waals surface area contributed by atoms with Gasteiger partial charge in [-0.05, 0) is 31.9 Å². The molecule has 0 saturated carbocycles. The second-order valence-electron chi connectivity index (χ2n) is 6.82. The first-order valence-corrected chi connectivity index (χ1v) is 9.07. The number of piperidine rings is 1. The third-order valence-electron chi connectivity index (χ3n) is 5.25. The average Bonchev–Trinajstić information content (AvgIpc) is 2.68. The van der Waals surface area contributed by atoms with Gasteiger partial charge < -0.3 is 24.6 Å². The molecule has 2 fully saturated rings. The molecular weight excluding hydrogens is 370 g/mol. The van der Waals surface area contributed by atoms with E-state index in [-0.39, 0.29) is 30.3 Å². The lowest BCUT2D eigenvalue weighted by atomic mass is 10.0. The van der Waals surface area contributed by atoms with Gasteiger partial charge in [-0.25, -0.2) is 0 Å². The van der Waals surface area contributed by atoms with Crippen molar-refractivity contribution >= 4 is 24.2 Å². The summed E-state index contributed by atoms with van der Waals surface area (Å²) in [5, 5.41) is 3.09. The molecule has 0 aromatic heterocycles. The first-order chi connectivity index (χ1) is 12.5. The average molecular weight is 398 g/mol. The zero-order valence-electron chi connectivity index (χ0n) is 16.1. The number of likely N-dealkylation sites (tertiary alicyclic amines) is 1. The van der Waals surface area contributed by atoms with E-state index in [1.54, 1.807) is 26.4 Å². The van der Waals surface area contributed by atoms with Crippen molar-refractivity contribution in [2.75, 3.05) is 46.9 Å². The number of amides is 2. The van der Waals surface area contributed by atoms with Crippen molar-refractivity contribution in [2.24, 2.45) is 0 Å². The van der Waals surface area contributed by atoms with Crippen LogP contribution in [0.15, 0.2) is 12.1 Å².